The van der Waals surface area contributed by atoms with Gasteiger partial charge in [0, 0.05) is 63.7 Å². The second-order valence-corrected chi connectivity index (χ2v) is 6.72. The molecule has 2 aromatic heterocycles. The SMILES string of the molecule is CN(C)c1ncnc2ccc(N3CCN(Cc4ncccn4)CC3)cc12. The van der Waals surface area contributed by atoms with Gasteiger partial charge >= 0.3 is 0 Å². The van der Waals surface area contributed by atoms with Crippen molar-refractivity contribution in [2.75, 3.05) is 50.1 Å². The highest BCUT2D eigenvalue weighted by atomic mass is 15.3. The van der Waals surface area contributed by atoms with Crippen LogP contribution in [0.5, 0.6) is 0 Å². The van der Waals surface area contributed by atoms with Gasteiger partial charge in [-0.15, -0.1) is 0 Å². The third-order valence-corrected chi connectivity index (χ3v) is 4.74. The van der Waals surface area contributed by atoms with Crippen molar-refractivity contribution in [2.45, 2.75) is 6.54 Å². The second-order valence-electron chi connectivity index (χ2n) is 6.72. The van der Waals surface area contributed by atoms with Crippen molar-refractivity contribution >= 4 is 22.4 Å². The van der Waals surface area contributed by atoms with E-state index < -0.39 is 0 Å². The summed E-state index contributed by atoms with van der Waals surface area (Å²) in [5.74, 6) is 1.84. The topological polar surface area (TPSA) is 61.3 Å². The number of fused-ring (bicyclic) bond motifs is 1. The van der Waals surface area contributed by atoms with Gasteiger partial charge in [0.25, 0.3) is 0 Å². The molecule has 4 rings (SSSR count). The summed E-state index contributed by atoms with van der Waals surface area (Å²) in [6, 6.07) is 8.31. The lowest BCUT2D eigenvalue weighted by molar-refractivity contribution is 0.244. The Labute approximate surface area is 153 Å². The molecule has 0 amide bonds. The molecule has 0 N–H and O–H groups in total. The van der Waals surface area contributed by atoms with Crippen LogP contribution in [0.15, 0.2) is 43.0 Å². The van der Waals surface area contributed by atoms with Gasteiger partial charge in [-0.25, -0.2) is 19.9 Å². The highest BCUT2D eigenvalue weighted by Crippen LogP contribution is 2.27. The molecule has 1 aromatic carbocycles. The fraction of sp³-hybridized carbons (Fsp3) is 0.368. The Bertz CT molecular complexity index is 873. The van der Waals surface area contributed by atoms with Gasteiger partial charge in [-0.2, -0.15) is 0 Å². The van der Waals surface area contributed by atoms with Crippen LogP contribution in [-0.4, -0.2) is 65.1 Å². The largest absolute Gasteiger partial charge is 0.369 e. The molecule has 1 aliphatic rings. The van der Waals surface area contributed by atoms with E-state index in [9.17, 15) is 0 Å². The highest BCUT2D eigenvalue weighted by molar-refractivity contribution is 5.91. The Hall–Kier alpha value is -2.80. The minimum Gasteiger partial charge on any atom is -0.369 e. The first-order valence-electron chi connectivity index (χ1n) is 8.86. The lowest BCUT2D eigenvalue weighted by Crippen LogP contribution is -2.46. The number of benzene rings is 1. The second kappa shape index (κ2) is 7.21. The van der Waals surface area contributed by atoms with E-state index >= 15 is 0 Å². The first kappa shape index (κ1) is 16.7. The molecule has 0 spiro atoms. The van der Waals surface area contributed by atoms with Crippen molar-refractivity contribution in [3.63, 3.8) is 0 Å². The third kappa shape index (κ3) is 3.43. The van der Waals surface area contributed by atoms with Crippen LogP contribution in [0.2, 0.25) is 0 Å². The van der Waals surface area contributed by atoms with Crippen molar-refractivity contribution in [1.29, 1.82) is 0 Å². The van der Waals surface area contributed by atoms with Crippen molar-refractivity contribution in [3.05, 3.63) is 48.8 Å². The number of aromatic nitrogens is 4. The maximum absolute atomic E-state index is 4.43. The fourth-order valence-corrected chi connectivity index (χ4v) is 3.36. The lowest BCUT2D eigenvalue weighted by Gasteiger charge is -2.35. The standard InChI is InChI=1S/C19H23N7/c1-24(2)19-16-12-15(4-5-17(16)22-14-23-19)26-10-8-25(9-11-26)13-18-20-6-3-7-21-18/h3-7,12,14H,8-11,13H2,1-2H3. The Balaban J connectivity index is 1.48. The molecule has 1 saturated heterocycles. The zero-order valence-corrected chi connectivity index (χ0v) is 15.2. The molecule has 0 bridgehead atoms. The van der Waals surface area contributed by atoms with Gasteiger partial charge in [-0.05, 0) is 24.3 Å². The van der Waals surface area contributed by atoms with E-state index in [1.807, 2.05) is 25.1 Å². The average molecular weight is 349 g/mol. The first-order chi connectivity index (χ1) is 12.7. The van der Waals surface area contributed by atoms with Crippen molar-refractivity contribution in [3.8, 4) is 0 Å². The van der Waals surface area contributed by atoms with Gasteiger partial charge in [0.05, 0.1) is 12.1 Å². The van der Waals surface area contributed by atoms with Crippen molar-refractivity contribution in [2.24, 2.45) is 0 Å². The average Bonchev–Trinajstić information content (AvgIpc) is 2.68. The van der Waals surface area contributed by atoms with E-state index in [0.717, 1.165) is 55.3 Å². The molecule has 26 heavy (non-hydrogen) atoms. The van der Waals surface area contributed by atoms with Crippen molar-refractivity contribution < 1.29 is 0 Å². The quantitative estimate of drug-likeness (QED) is 0.712. The maximum atomic E-state index is 4.43. The lowest BCUT2D eigenvalue weighted by atomic mass is 10.1. The summed E-state index contributed by atoms with van der Waals surface area (Å²) in [4.78, 5) is 24.3. The molecule has 1 aliphatic heterocycles. The molecule has 0 atom stereocenters. The normalized spacial score (nSPS) is 15.4. The molecule has 0 saturated carbocycles. The number of piperazine rings is 1. The molecular formula is C19H23N7. The van der Waals surface area contributed by atoms with Crippen molar-refractivity contribution in [1.82, 2.24) is 24.8 Å². The number of hydrogen-bond acceptors (Lipinski definition) is 7. The predicted octanol–water partition coefficient (Wildman–Crippen LogP) is 1.81. The van der Waals surface area contributed by atoms with Crippen LogP contribution < -0.4 is 9.80 Å². The molecule has 3 heterocycles. The number of nitrogens with zero attached hydrogens (tertiary/aromatic N) is 7. The minimum atomic E-state index is 0.811. The highest BCUT2D eigenvalue weighted by Gasteiger charge is 2.19. The van der Waals surface area contributed by atoms with E-state index in [4.69, 9.17) is 0 Å². The first-order valence-corrected chi connectivity index (χ1v) is 8.86. The minimum absolute atomic E-state index is 0.811. The summed E-state index contributed by atoms with van der Waals surface area (Å²) < 4.78 is 0. The smallest absolute Gasteiger partial charge is 0.142 e. The summed E-state index contributed by atoms with van der Waals surface area (Å²) in [6.45, 7) is 4.79. The summed E-state index contributed by atoms with van der Waals surface area (Å²) in [6.07, 6.45) is 5.23. The van der Waals surface area contributed by atoms with Gasteiger partial charge in [-0.3, -0.25) is 4.90 Å². The number of hydrogen-bond donors (Lipinski definition) is 0. The van der Waals surface area contributed by atoms with Gasteiger partial charge < -0.3 is 9.80 Å². The van der Waals surface area contributed by atoms with Crippen LogP contribution in [-0.2, 0) is 6.54 Å². The summed E-state index contributed by atoms with van der Waals surface area (Å²) in [5.41, 5.74) is 2.21. The van der Waals surface area contributed by atoms with Crippen LogP contribution >= 0.6 is 0 Å². The van der Waals surface area contributed by atoms with Gasteiger partial charge in [0.15, 0.2) is 0 Å². The number of anilines is 2. The fourth-order valence-electron chi connectivity index (χ4n) is 3.36. The third-order valence-electron chi connectivity index (χ3n) is 4.74. The summed E-state index contributed by atoms with van der Waals surface area (Å²) in [5, 5.41) is 1.09. The molecule has 3 aromatic rings. The molecule has 0 aliphatic carbocycles. The van der Waals surface area contributed by atoms with Crippen LogP contribution in [0.1, 0.15) is 5.82 Å². The van der Waals surface area contributed by atoms with Crippen LogP contribution in [0.25, 0.3) is 10.9 Å². The Morgan fingerprint density at radius 1 is 0.962 bits per heavy atom. The Morgan fingerprint density at radius 2 is 1.73 bits per heavy atom. The van der Waals surface area contributed by atoms with E-state index in [0.29, 0.717) is 0 Å². The molecule has 1 fully saturated rings. The molecule has 0 radical (unpaired) electrons. The van der Waals surface area contributed by atoms with Gasteiger partial charge in [0.1, 0.15) is 18.0 Å². The van der Waals surface area contributed by atoms with E-state index in [1.54, 1.807) is 18.7 Å². The van der Waals surface area contributed by atoms with Crippen LogP contribution in [0.3, 0.4) is 0 Å². The predicted molar refractivity (Wildman–Crippen MR) is 103 cm³/mol. The molecule has 0 unspecified atom stereocenters. The molecule has 7 heteroatoms. The Kier molecular flexibility index (Phi) is 4.62. The molecule has 134 valence electrons. The summed E-state index contributed by atoms with van der Waals surface area (Å²) >= 11 is 0. The number of rotatable bonds is 4. The summed E-state index contributed by atoms with van der Waals surface area (Å²) in [7, 11) is 4.03. The maximum Gasteiger partial charge on any atom is 0.142 e. The van der Waals surface area contributed by atoms with Crippen LogP contribution in [0.4, 0.5) is 11.5 Å². The van der Waals surface area contributed by atoms with E-state index in [2.05, 4.69) is 47.9 Å². The van der Waals surface area contributed by atoms with Gasteiger partial charge in [0.2, 0.25) is 0 Å². The molecule has 7 nitrogen and oxygen atoms in total. The van der Waals surface area contributed by atoms with Crippen LogP contribution in [0, 0.1) is 0 Å². The van der Waals surface area contributed by atoms with Gasteiger partial charge in [-0.1, -0.05) is 0 Å². The van der Waals surface area contributed by atoms with E-state index in [1.165, 1.54) is 5.69 Å². The molecular weight excluding hydrogens is 326 g/mol. The Morgan fingerprint density at radius 3 is 2.46 bits per heavy atom. The monoisotopic (exact) mass is 349 g/mol. The zero-order valence-electron chi connectivity index (χ0n) is 15.2. The zero-order chi connectivity index (χ0) is 17.9. The van der Waals surface area contributed by atoms with E-state index in [-0.39, 0.29) is 0 Å².